The minimum absolute atomic E-state index is 0.111. The molecule has 0 radical (unpaired) electrons. The van der Waals surface area contributed by atoms with Crippen molar-refractivity contribution in [1.82, 2.24) is 15.0 Å². The monoisotopic (exact) mass is 236 g/mol. The lowest BCUT2D eigenvalue weighted by molar-refractivity contribution is 0.545. The number of hydrogen-bond acceptors (Lipinski definition) is 4. The van der Waals surface area contributed by atoms with Crippen LogP contribution in [0.15, 0.2) is 18.3 Å². The van der Waals surface area contributed by atoms with E-state index in [-0.39, 0.29) is 6.04 Å². The van der Waals surface area contributed by atoms with Crippen molar-refractivity contribution in [3.8, 4) is 0 Å². The fraction of sp³-hybridized carbons (Fsp3) is 0.455. The Morgan fingerprint density at radius 3 is 2.94 bits per heavy atom. The third-order valence-electron chi connectivity index (χ3n) is 2.47. The first-order chi connectivity index (χ1) is 7.72. The maximum Gasteiger partial charge on any atom is 0.0833 e. The highest BCUT2D eigenvalue weighted by molar-refractivity contribution is 7.12. The third kappa shape index (κ3) is 2.15. The molecular formula is C11H16N4S. The number of hydrogen-bond donors (Lipinski definition) is 1. The van der Waals surface area contributed by atoms with Gasteiger partial charge in [-0.1, -0.05) is 12.1 Å². The second-order valence-electron chi connectivity index (χ2n) is 3.81. The van der Waals surface area contributed by atoms with Crippen molar-refractivity contribution in [1.29, 1.82) is 0 Å². The Morgan fingerprint density at radius 1 is 1.50 bits per heavy atom. The van der Waals surface area contributed by atoms with Crippen molar-refractivity contribution in [2.75, 3.05) is 0 Å². The molecule has 0 aliphatic rings. The van der Waals surface area contributed by atoms with Crippen molar-refractivity contribution in [3.63, 3.8) is 0 Å². The van der Waals surface area contributed by atoms with Crippen LogP contribution in [0.2, 0.25) is 0 Å². The number of thiophene rings is 1. The van der Waals surface area contributed by atoms with Crippen LogP contribution >= 0.6 is 11.3 Å². The lowest BCUT2D eigenvalue weighted by atomic mass is 10.2. The van der Waals surface area contributed by atoms with E-state index in [1.807, 2.05) is 4.68 Å². The molecule has 2 rings (SSSR count). The number of nitrogens with zero attached hydrogens (tertiary/aromatic N) is 3. The van der Waals surface area contributed by atoms with Crippen LogP contribution in [-0.4, -0.2) is 15.0 Å². The van der Waals surface area contributed by atoms with Crippen LogP contribution in [0, 0.1) is 6.92 Å². The second-order valence-corrected chi connectivity index (χ2v) is 5.13. The zero-order chi connectivity index (χ0) is 11.5. The molecule has 2 aromatic heterocycles. The van der Waals surface area contributed by atoms with E-state index in [2.05, 4.69) is 36.3 Å². The molecule has 1 unspecified atom stereocenters. The molecule has 0 saturated heterocycles. The van der Waals surface area contributed by atoms with E-state index < -0.39 is 0 Å². The molecule has 0 saturated carbocycles. The molecule has 2 aromatic rings. The van der Waals surface area contributed by atoms with Crippen molar-refractivity contribution < 1.29 is 0 Å². The highest BCUT2D eigenvalue weighted by atomic mass is 32.1. The molecule has 0 amide bonds. The Morgan fingerprint density at radius 2 is 2.31 bits per heavy atom. The molecule has 4 nitrogen and oxygen atoms in total. The summed E-state index contributed by atoms with van der Waals surface area (Å²) in [6.07, 6.45) is 2.79. The Bertz CT molecular complexity index is 460. The van der Waals surface area contributed by atoms with Gasteiger partial charge in [0.05, 0.1) is 17.9 Å². The first-order valence-electron chi connectivity index (χ1n) is 5.42. The van der Waals surface area contributed by atoms with Crippen molar-refractivity contribution in [2.24, 2.45) is 5.73 Å². The Hall–Kier alpha value is -1.20. The Balaban J connectivity index is 2.26. The average Bonchev–Trinajstić information content (AvgIpc) is 2.87. The summed E-state index contributed by atoms with van der Waals surface area (Å²) in [6, 6.07) is 4.06. The molecule has 16 heavy (non-hydrogen) atoms. The van der Waals surface area contributed by atoms with Crippen LogP contribution in [0.4, 0.5) is 0 Å². The molecular weight excluding hydrogens is 220 g/mol. The van der Waals surface area contributed by atoms with Crippen LogP contribution in [0.1, 0.15) is 34.8 Å². The van der Waals surface area contributed by atoms with Crippen molar-refractivity contribution >= 4 is 11.3 Å². The van der Waals surface area contributed by atoms with Crippen LogP contribution in [0.25, 0.3) is 0 Å². The smallest absolute Gasteiger partial charge is 0.0833 e. The summed E-state index contributed by atoms with van der Waals surface area (Å²) in [4.78, 5) is 2.44. The fourth-order valence-electron chi connectivity index (χ4n) is 1.66. The van der Waals surface area contributed by atoms with Gasteiger partial charge in [0.2, 0.25) is 0 Å². The summed E-state index contributed by atoms with van der Waals surface area (Å²) >= 11 is 1.73. The van der Waals surface area contributed by atoms with Crippen molar-refractivity contribution in [2.45, 2.75) is 32.9 Å². The highest BCUT2D eigenvalue weighted by Crippen LogP contribution is 2.25. The van der Waals surface area contributed by atoms with Gasteiger partial charge in [0.1, 0.15) is 0 Å². The summed E-state index contributed by atoms with van der Waals surface area (Å²) in [5, 5.41) is 7.98. The van der Waals surface area contributed by atoms with Crippen LogP contribution in [0.5, 0.6) is 0 Å². The topological polar surface area (TPSA) is 56.7 Å². The van der Waals surface area contributed by atoms with Gasteiger partial charge in [0.15, 0.2) is 0 Å². The second kappa shape index (κ2) is 4.76. The van der Waals surface area contributed by atoms with E-state index in [1.165, 1.54) is 4.88 Å². The lowest BCUT2D eigenvalue weighted by Crippen LogP contribution is -2.16. The molecule has 0 spiro atoms. The molecule has 0 aliphatic heterocycles. The molecule has 0 aromatic carbocycles. The maximum atomic E-state index is 6.21. The molecule has 0 fully saturated rings. The predicted molar refractivity (Wildman–Crippen MR) is 65.4 cm³/mol. The first-order valence-corrected chi connectivity index (χ1v) is 6.24. The van der Waals surface area contributed by atoms with Crippen LogP contribution < -0.4 is 5.73 Å². The number of aryl methyl sites for hydroxylation is 2. The zero-order valence-corrected chi connectivity index (χ0v) is 10.4. The minimum atomic E-state index is -0.111. The maximum absolute atomic E-state index is 6.21. The molecule has 1 atom stereocenters. The molecule has 0 aliphatic carbocycles. The molecule has 86 valence electrons. The van der Waals surface area contributed by atoms with Gasteiger partial charge in [0.25, 0.3) is 0 Å². The molecule has 2 N–H and O–H groups in total. The SMILES string of the molecule is CCCn1nncc1C(N)c1ccc(C)s1. The van der Waals surface area contributed by atoms with E-state index in [9.17, 15) is 0 Å². The van der Waals surface area contributed by atoms with Gasteiger partial charge < -0.3 is 5.73 Å². The van der Waals surface area contributed by atoms with Crippen LogP contribution in [-0.2, 0) is 6.54 Å². The third-order valence-corrected chi connectivity index (χ3v) is 3.55. The van der Waals surface area contributed by atoms with Crippen molar-refractivity contribution in [3.05, 3.63) is 33.8 Å². The van der Waals surface area contributed by atoms with Gasteiger partial charge in [-0.15, -0.1) is 16.4 Å². The average molecular weight is 236 g/mol. The minimum Gasteiger partial charge on any atom is -0.318 e. The number of nitrogens with two attached hydrogens (primary N) is 1. The number of aromatic nitrogens is 3. The normalized spacial score (nSPS) is 12.9. The van der Waals surface area contributed by atoms with Crippen LogP contribution in [0.3, 0.4) is 0 Å². The fourth-order valence-corrected chi connectivity index (χ4v) is 2.55. The summed E-state index contributed by atoms with van der Waals surface area (Å²) in [6.45, 7) is 5.07. The summed E-state index contributed by atoms with van der Waals surface area (Å²) in [5.41, 5.74) is 7.20. The van der Waals surface area contributed by atoms with E-state index in [4.69, 9.17) is 5.73 Å². The highest BCUT2D eigenvalue weighted by Gasteiger charge is 2.15. The van der Waals surface area contributed by atoms with Gasteiger partial charge in [0, 0.05) is 16.3 Å². The first kappa shape index (κ1) is 11.3. The van der Waals surface area contributed by atoms with Gasteiger partial charge >= 0.3 is 0 Å². The lowest BCUT2D eigenvalue weighted by Gasteiger charge is -2.10. The molecule has 2 heterocycles. The van der Waals surface area contributed by atoms with E-state index in [0.29, 0.717) is 0 Å². The summed E-state index contributed by atoms with van der Waals surface area (Å²) in [7, 11) is 0. The quantitative estimate of drug-likeness (QED) is 0.884. The summed E-state index contributed by atoms with van der Waals surface area (Å²) in [5.74, 6) is 0. The standard InChI is InChI=1S/C11H16N4S/c1-3-6-15-9(7-13-14-15)11(12)10-5-4-8(2)16-10/h4-5,7,11H,3,6,12H2,1-2H3. The molecule has 5 heteroatoms. The summed E-state index contributed by atoms with van der Waals surface area (Å²) < 4.78 is 1.89. The van der Waals surface area contributed by atoms with Gasteiger partial charge in [-0.2, -0.15) is 0 Å². The Labute approximate surface area is 99.1 Å². The van der Waals surface area contributed by atoms with Gasteiger partial charge in [-0.05, 0) is 25.5 Å². The Kier molecular flexibility index (Phi) is 3.36. The molecule has 0 bridgehead atoms. The van der Waals surface area contributed by atoms with Gasteiger partial charge in [-0.3, -0.25) is 0 Å². The number of rotatable bonds is 4. The van der Waals surface area contributed by atoms with Gasteiger partial charge in [-0.25, -0.2) is 4.68 Å². The van der Waals surface area contributed by atoms with E-state index in [1.54, 1.807) is 17.5 Å². The van der Waals surface area contributed by atoms with E-state index in [0.717, 1.165) is 23.5 Å². The zero-order valence-electron chi connectivity index (χ0n) is 9.55. The largest absolute Gasteiger partial charge is 0.318 e. The van der Waals surface area contributed by atoms with E-state index >= 15 is 0 Å². The predicted octanol–water partition coefficient (Wildman–Crippen LogP) is 2.11.